The number of rotatable bonds is 3. The highest BCUT2D eigenvalue weighted by Crippen LogP contribution is 2.14. The Bertz CT molecular complexity index is 195. The van der Waals surface area contributed by atoms with Gasteiger partial charge in [0.25, 0.3) is 0 Å². The molecule has 0 aromatic rings. The Morgan fingerprint density at radius 3 is 2.40 bits per heavy atom. The third kappa shape index (κ3) is 2.64. The molecule has 1 aliphatic heterocycles. The van der Waals surface area contributed by atoms with Gasteiger partial charge in [-0.3, -0.25) is 0 Å². The van der Waals surface area contributed by atoms with Crippen LogP contribution in [0.2, 0.25) is 0 Å². The molecule has 1 aliphatic rings. The highest BCUT2D eigenvalue weighted by molar-refractivity contribution is 7.89. The summed E-state index contributed by atoms with van der Waals surface area (Å²) in [4.78, 5) is 0. The zero-order chi connectivity index (χ0) is 7.61. The van der Waals surface area contributed by atoms with E-state index >= 15 is 0 Å². The van der Waals surface area contributed by atoms with Gasteiger partial charge in [-0.05, 0) is 6.42 Å². The van der Waals surface area contributed by atoms with Crippen LogP contribution in [0.1, 0.15) is 6.42 Å². The van der Waals surface area contributed by atoms with Crippen molar-refractivity contribution in [3.8, 4) is 0 Å². The van der Waals surface area contributed by atoms with Crippen molar-refractivity contribution < 1.29 is 13.2 Å². The predicted octanol–water partition coefficient (Wildman–Crippen LogP) is -0.689. The van der Waals surface area contributed by atoms with E-state index in [1.165, 1.54) is 0 Å². The van der Waals surface area contributed by atoms with Crippen LogP contribution in [0, 0.1) is 5.92 Å². The molecule has 2 N–H and O–H groups in total. The summed E-state index contributed by atoms with van der Waals surface area (Å²) in [6.07, 6.45) is 0.638. The Morgan fingerprint density at radius 1 is 1.50 bits per heavy atom. The number of ether oxygens (including phenoxy) is 1. The summed E-state index contributed by atoms with van der Waals surface area (Å²) >= 11 is 0. The van der Waals surface area contributed by atoms with Crippen LogP contribution in [0.5, 0.6) is 0 Å². The van der Waals surface area contributed by atoms with Gasteiger partial charge in [-0.2, -0.15) is 0 Å². The topological polar surface area (TPSA) is 69.4 Å². The zero-order valence-electron chi connectivity index (χ0n) is 5.62. The van der Waals surface area contributed by atoms with Crippen molar-refractivity contribution in [2.45, 2.75) is 6.42 Å². The molecule has 0 aromatic heterocycles. The van der Waals surface area contributed by atoms with Crippen molar-refractivity contribution in [1.82, 2.24) is 0 Å². The highest BCUT2D eigenvalue weighted by Gasteiger charge is 2.19. The fourth-order valence-electron chi connectivity index (χ4n) is 0.782. The van der Waals surface area contributed by atoms with Crippen LogP contribution in [-0.2, 0) is 14.8 Å². The van der Waals surface area contributed by atoms with E-state index in [0.29, 0.717) is 25.6 Å². The normalized spacial score (nSPS) is 20.5. The molecule has 1 heterocycles. The van der Waals surface area contributed by atoms with E-state index in [0.717, 1.165) is 0 Å². The van der Waals surface area contributed by atoms with Crippen LogP contribution in [0.25, 0.3) is 0 Å². The smallest absolute Gasteiger partial charge is 0.209 e. The van der Waals surface area contributed by atoms with Crippen molar-refractivity contribution in [2.24, 2.45) is 11.1 Å². The lowest BCUT2D eigenvalue weighted by Crippen LogP contribution is -2.30. The zero-order valence-corrected chi connectivity index (χ0v) is 6.43. The predicted molar refractivity (Wildman–Crippen MR) is 36.9 cm³/mol. The van der Waals surface area contributed by atoms with Crippen LogP contribution in [-0.4, -0.2) is 27.4 Å². The number of primary sulfonamides is 1. The van der Waals surface area contributed by atoms with E-state index < -0.39 is 10.0 Å². The molecule has 0 spiro atoms. The summed E-state index contributed by atoms with van der Waals surface area (Å²) in [5.41, 5.74) is 0. The number of hydrogen-bond donors (Lipinski definition) is 1. The van der Waals surface area contributed by atoms with Crippen LogP contribution < -0.4 is 5.14 Å². The summed E-state index contributed by atoms with van der Waals surface area (Å²) in [5.74, 6) is 0.499. The average molecular weight is 165 g/mol. The second-order valence-electron chi connectivity index (χ2n) is 2.56. The first-order valence-corrected chi connectivity index (χ1v) is 4.88. The van der Waals surface area contributed by atoms with E-state index in [4.69, 9.17) is 9.88 Å². The molecule has 0 radical (unpaired) electrons. The molecule has 1 rings (SSSR count). The van der Waals surface area contributed by atoms with E-state index in [2.05, 4.69) is 0 Å². The van der Waals surface area contributed by atoms with Gasteiger partial charge in [0.1, 0.15) is 0 Å². The molecule has 10 heavy (non-hydrogen) atoms. The van der Waals surface area contributed by atoms with Crippen molar-refractivity contribution >= 4 is 10.0 Å². The van der Waals surface area contributed by atoms with Crippen LogP contribution in [0.4, 0.5) is 0 Å². The third-order valence-corrected chi connectivity index (χ3v) is 2.32. The molecule has 0 aliphatic carbocycles. The Morgan fingerprint density at radius 2 is 2.10 bits per heavy atom. The second kappa shape index (κ2) is 2.86. The first-order valence-electron chi connectivity index (χ1n) is 3.16. The van der Waals surface area contributed by atoms with Crippen LogP contribution >= 0.6 is 0 Å². The monoisotopic (exact) mass is 165 g/mol. The summed E-state index contributed by atoms with van der Waals surface area (Å²) in [5, 5.41) is 4.79. The minimum Gasteiger partial charge on any atom is -0.381 e. The molecule has 5 heteroatoms. The molecule has 0 amide bonds. The first-order chi connectivity index (χ1) is 4.58. The van der Waals surface area contributed by atoms with E-state index in [1.807, 2.05) is 0 Å². The third-order valence-electron chi connectivity index (χ3n) is 1.52. The summed E-state index contributed by atoms with van der Waals surface area (Å²) in [7, 11) is -3.25. The largest absolute Gasteiger partial charge is 0.381 e. The number of hydrogen-bond acceptors (Lipinski definition) is 3. The number of nitrogens with two attached hydrogens (primary N) is 1. The maximum atomic E-state index is 10.4. The van der Waals surface area contributed by atoms with Gasteiger partial charge in [-0.25, -0.2) is 13.6 Å². The standard InChI is InChI=1S/C5H11NO3S/c6-10(7,8)2-1-5-3-9-4-5/h5H,1-4H2,(H2,6,7,8). The molecule has 4 nitrogen and oxygen atoms in total. The maximum absolute atomic E-state index is 10.4. The molecule has 0 atom stereocenters. The molecular weight excluding hydrogens is 154 g/mol. The summed E-state index contributed by atoms with van der Waals surface area (Å²) in [6.45, 7) is 1.38. The fourth-order valence-corrected chi connectivity index (χ4v) is 1.44. The van der Waals surface area contributed by atoms with Gasteiger partial charge in [0.05, 0.1) is 19.0 Å². The molecule has 60 valence electrons. The highest BCUT2D eigenvalue weighted by atomic mass is 32.2. The van der Waals surface area contributed by atoms with E-state index in [-0.39, 0.29) is 5.75 Å². The van der Waals surface area contributed by atoms with Gasteiger partial charge in [0.2, 0.25) is 10.0 Å². The van der Waals surface area contributed by atoms with Gasteiger partial charge < -0.3 is 4.74 Å². The molecule has 0 aromatic carbocycles. The lowest BCUT2D eigenvalue weighted by atomic mass is 10.1. The number of sulfonamides is 1. The molecule has 0 saturated carbocycles. The average Bonchev–Trinajstić information content (AvgIpc) is 1.56. The first kappa shape index (κ1) is 7.97. The van der Waals surface area contributed by atoms with Gasteiger partial charge in [-0.15, -0.1) is 0 Å². The molecule has 1 saturated heterocycles. The van der Waals surface area contributed by atoms with Gasteiger partial charge >= 0.3 is 0 Å². The van der Waals surface area contributed by atoms with Crippen molar-refractivity contribution in [1.29, 1.82) is 0 Å². The van der Waals surface area contributed by atoms with Crippen molar-refractivity contribution in [2.75, 3.05) is 19.0 Å². The van der Waals surface area contributed by atoms with Gasteiger partial charge in [0, 0.05) is 5.92 Å². The van der Waals surface area contributed by atoms with Gasteiger partial charge in [0.15, 0.2) is 0 Å². The Balaban J connectivity index is 2.16. The Labute approximate surface area is 60.4 Å². The molecule has 0 bridgehead atoms. The van der Waals surface area contributed by atoms with E-state index in [9.17, 15) is 8.42 Å². The lowest BCUT2D eigenvalue weighted by Gasteiger charge is -2.25. The van der Waals surface area contributed by atoms with Crippen molar-refractivity contribution in [3.63, 3.8) is 0 Å². The lowest BCUT2D eigenvalue weighted by molar-refractivity contribution is -0.0327. The summed E-state index contributed by atoms with van der Waals surface area (Å²) in [6, 6.07) is 0. The van der Waals surface area contributed by atoms with Gasteiger partial charge in [-0.1, -0.05) is 0 Å². The fraction of sp³-hybridized carbons (Fsp3) is 1.00. The van der Waals surface area contributed by atoms with Crippen LogP contribution in [0.3, 0.4) is 0 Å². The Hall–Kier alpha value is -0.130. The Kier molecular flexibility index (Phi) is 2.28. The maximum Gasteiger partial charge on any atom is 0.209 e. The summed E-state index contributed by atoms with van der Waals surface area (Å²) < 4.78 is 25.7. The quantitative estimate of drug-likeness (QED) is 0.602. The molecule has 1 fully saturated rings. The molecule has 0 unspecified atom stereocenters. The second-order valence-corrected chi connectivity index (χ2v) is 4.29. The minimum absolute atomic E-state index is 0.0844. The van der Waals surface area contributed by atoms with Crippen LogP contribution in [0.15, 0.2) is 0 Å². The van der Waals surface area contributed by atoms with Crippen molar-refractivity contribution in [3.05, 3.63) is 0 Å². The SMILES string of the molecule is NS(=O)(=O)CCC1COC1. The minimum atomic E-state index is -3.25. The molecular formula is C5H11NO3S. The van der Waals surface area contributed by atoms with E-state index in [1.54, 1.807) is 0 Å².